The fourth-order valence-electron chi connectivity index (χ4n) is 1.01. The van der Waals surface area contributed by atoms with Crippen LogP contribution >= 0.6 is 0 Å². The first kappa shape index (κ1) is 25.7. The van der Waals surface area contributed by atoms with Gasteiger partial charge < -0.3 is 10.4 Å². The van der Waals surface area contributed by atoms with E-state index in [1.807, 2.05) is 6.92 Å². The van der Waals surface area contributed by atoms with Gasteiger partial charge in [-0.3, -0.25) is 0 Å². The molecule has 0 aromatic carbocycles. The first-order valence-electron chi connectivity index (χ1n) is 5.01. The summed E-state index contributed by atoms with van der Waals surface area (Å²) in [5.41, 5.74) is 6.45. The average Bonchev–Trinajstić information content (AvgIpc) is 1.80. The van der Waals surface area contributed by atoms with Gasteiger partial charge in [-0.05, 0) is 0 Å². The standard InChI is InChI=1S/C6H18NSi2.C3H8N.Li.Na/c1-8(2,3)7-9(4,5)6;1-2-3-4;;/h1-6H3;4H,2-3H2,1H3;;/q2*-1;2*+1. The molecule has 0 radical (unpaired) electrons. The second kappa shape index (κ2) is 12.4. The maximum atomic E-state index is 6.45. The van der Waals surface area contributed by atoms with Gasteiger partial charge in [0.25, 0.3) is 0 Å². The van der Waals surface area contributed by atoms with Gasteiger partial charge in [-0.1, -0.05) is 69.1 Å². The summed E-state index contributed by atoms with van der Waals surface area (Å²) in [5.74, 6) is 0. The van der Waals surface area contributed by atoms with E-state index in [9.17, 15) is 0 Å². The Bertz CT molecular complexity index is 110. The maximum Gasteiger partial charge on any atom is 1.00 e. The van der Waals surface area contributed by atoms with Crippen molar-refractivity contribution < 1.29 is 48.4 Å². The zero-order valence-corrected chi connectivity index (χ0v) is 16.4. The fourth-order valence-corrected chi connectivity index (χ4v) is 9.06. The van der Waals surface area contributed by atoms with Crippen molar-refractivity contribution in [3.63, 3.8) is 0 Å². The van der Waals surface area contributed by atoms with Crippen molar-refractivity contribution in [1.29, 1.82) is 0 Å². The van der Waals surface area contributed by atoms with Crippen molar-refractivity contribution in [2.45, 2.75) is 52.6 Å². The molecule has 0 bridgehead atoms. The Labute approximate surface area is 133 Å². The quantitative estimate of drug-likeness (QED) is 0.545. The van der Waals surface area contributed by atoms with Gasteiger partial charge in [0.2, 0.25) is 0 Å². The molecular weight excluding hydrogens is 222 g/mol. The monoisotopic (exact) mass is 248 g/mol. The van der Waals surface area contributed by atoms with Gasteiger partial charge in [0, 0.05) is 0 Å². The van der Waals surface area contributed by atoms with E-state index in [1.54, 1.807) is 0 Å². The molecule has 0 heterocycles. The SMILES string of the molecule is CCC[NH-].C[Si](C)(C)[N-][Si](C)(C)C.[Li+].[Na+]. The van der Waals surface area contributed by atoms with E-state index in [4.69, 9.17) is 10.4 Å². The Morgan fingerprint density at radius 2 is 1.13 bits per heavy atom. The van der Waals surface area contributed by atoms with Gasteiger partial charge in [-0.2, -0.15) is 6.54 Å². The zero-order chi connectivity index (χ0) is 11.1. The van der Waals surface area contributed by atoms with Crippen LogP contribution < -0.4 is 48.4 Å². The van der Waals surface area contributed by atoms with Gasteiger partial charge >= 0.3 is 48.4 Å². The summed E-state index contributed by atoms with van der Waals surface area (Å²) in [4.78, 5) is 0. The van der Waals surface area contributed by atoms with Gasteiger partial charge in [-0.15, -0.1) is 0 Å². The molecule has 0 unspecified atom stereocenters. The Morgan fingerprint density at radius 3 is 1.13 bits per heavy atom. The van der Waals surface area contributed by atoms with Crippen molar-refractivity contribution in [2.24, 2.45) is 0 Å². The van der Waals surface area contributed by atoms with Crippen molar-refractivity contribution in [3.05, 3.63) is 10.4 Å². The van der Waals surface area contributed by atoms with Crippen LogP contribution in [0.3, 0.4) is 0 Å². The Balaban J connectivity index is -0.0000000883. The van der Waals surface area contributed by atoms with Crippen LogP contribution in [0.5, 0.6) is 0 Å². The Kier molecular flexibility index (Phi) is 21.3. The molecule has 0 atom stereocenters. The van der Waals surface area contributed by atoms with Gasteiger partial charge in [0.05, 0.1) is 0 Å². The van der Waals surface area contributed by atoms with Crippen LogP contribution in [0.2, 0.25) is 39.3 Å². The van der Waals surface area contributed by atoms with Crippen molar-refractivity contribution in [2.75, 3.05) is 6.54 Å². The van der Waals surface area contributed by atoms with Crippen molar-refractivity contribution in [3.8, 4) is 0 Å². The number of rotatable bonds is 3. The molecule has 15 heavy (non-hydrogen) atoms. The third-order valence-electron chi connectivity index (χ3n) is 0.921. The van der Waals surface area contributed by atoms with E-state index >= 15 is 0 Å². The first-order valence-corrected chi connectivity index (χ1v) is 11.9. The number of hydrogen-bond donors (Lipinski definition) is 0. The number of nitrogens with one attached hydrogen (secondary N) is 1. The average molecular weight is 248 g/mol. The molecule has 0 rings (SSSR count). The molecule has 0 aliphatic rings. The smallest absolute Gasteiger partial charge is 0.677 e. The topological polar surface area (TPSA) is 37.9 Å². The summed E-state index contributed by atoms with van der Waals surface area (Å²) >= 11 is 0. The van der Waals surface area contributed by atoms with Crippen LogP contribution in [0, 0.1) is 0 Å². The van der Waals surface area contributed by atoms with E-state index in [1.165, 1.54) is 0 Å². The Morgan fingerprint density at radius 1 is 0.933 bits per heavy atom. The van der Waals surface area contributed by atoms with Crippen LogP contribution in [-0.4, -0.2) is 23.0 Å². The van der Waals surface area contributed by atoms with E-state index in [-0.39, 0.29) is 48.4 Å². The van der Waals surface area contributed by atoms with Crippen LogP contribution in [-0.2, 0) is 0 Å². The molecule has 0 spiro atoms. The molecule has 0 aromatic rings. The largest absolute Gasteiger partial charge is 1.00 e. The summed E-state index contributed by atoms with van der Waals surface area (Å²) < 4.78 is 4.82. The third kappa shape index (κ3) is 38.7. The van der Waals surface area contributed by atoms with E-state index in [2.05, 4.69) is 39.3 Å². The van der Waals surface area contributed by atoms with Gasteiger partial charge in [-0.25, -0.2) is 0 Å². The molecule has 0 aliphatic heterocycles. The summed E-state index contributed by atoms with van der Waals surface area (Å²) in [5, 5.41) is 0. The summed E-state index contributed by atoms with van der Waals surface area (Å²) in [6.07, 6.45) is 0.986. The van der Waals surface area contributed by atoms with Crippen molar-refractivity contribution >= 4 is 16.5 Å². The van der Waals surface area contributed by atoms with Crippen LogP contribution in [0.25, 0.3) is 10.4 Å². The molecule has 0 aliphatic carbocycles. The fraction of sp³-hybridized carbons (Fsp3) is 1.00. The molecule has 6 heteroatoms. The van der Waals surface area contributed by atoms with E-state index < -0.39 is 16.5 Å². The van der Waals surface area contributed by atoms with Gasteiger partial charge in [0.15, 0.2) is 0 Å². The van der Waals surface area contributed by atoms with Crippen LogP contribution in [0.1, 0.15) is 13.3 Å². The molecule has 2 nitrogen and oxygen atoms in total. The molecule has 0 saturated carbocycles. The van der Waals surface area contributed by atoms with Crippen LogP contribution in [0.15, 0.2) is 0 Å². The van der Waals surface area contributed by atoms with Gasteiger partial charge in [0.1, 0.15) is 0 Å². The minimum Gasteiger partial charge on any atom is -0.677 e. The second-order valence-corrected chi connectivity index (χ2v) is 14.8. The zero-order valence-electron chi connectivity index (χ0n) is 12.4. The minimum atomic E-state index is -1.11. The molecule has 0 fully saturated rings. The van der Waals surface area contributed by atoms with E-state index in [0.717, 1.165) is 6.42 Å². The molecular formula is C9H26LiN2NaSi2. The molecule has 1 N–H and O–H groups in total. The summed E-state index contributed by atoms with van der Waals surface area (Å²) in [6.45, 7) is 16.3. The normalized spacial score (nSPS) is 10.4. The molecule has 82 valence electrons. The first-order chi connectivity index (χ1) is 5.62. The third-order valence-corrected chi connectivity index (χ3v) is 6.29. The summed E-state index contributed by atoms with van der Waals surface area (Å²) in [6, 6.07) is 0. The number of hydrogen-bond acceptors (Lipinski definition) is 0. The van der Waals surface area contributed by atoms with Crippen LogP contribution in [0.4, 0.5) is 0 Å². The summed E-state index contributed by atoms with van der Waals surface area (Å²) in [7, 11) is -2.21. The molecule has 0 aromatic heterocycles. The maximum absolute atomic E-state index is 6.45. The molecule has 0 amide bonds. The molecule has 0 saturated heterocycles. The predicted molar refractivity (Wildman–Crippen MR) is 69.5 cm³/mol. The van der Waals surface area contributed by atoms with Crippen molar-refractivity contribution in [1.82, 2.24) is 0 Å². The second-order valence-electron chi connectivity index (χ2n) is 5.20. The minimum absolute atomic E-state index is 0. The number of nitrogens with zero attached hydrogens (tertiary/aromatic N) is 1. The van der Waals surface area contributed by atoms with E-state index in [0.29, 0.717) is 6.54 Å². The predicted octanol–water partition coefficient (Wildman–Crippen LogP) is -1.51. The Hall–Kier alpha value is 1.95.